The van der Waals surface area contributed by atoms with Crippen molar-refractivity contribution in [1.82, 2.24) is 9.97 Å². The molecule has 0 aliphatic carbocycles. The van der Waals surface area contributed by atoms with E-state index in [0.29, 0.717) is 16.8 Å². The van der Waals surface area contributed by atoms with E-state index in [1.54, 1.807) is 24.3 Å². The van der Waals surface area contributed by atoms with Gasteiger partial charge in [-0.1, -0.05) is 24.3 Å². The zero-order chi connectivity index (χ0) is 12.3. The molecule has 84 valence electrons. The first-order valence-corrected chi connectivity index (χ1v) is 4.89. The van der Waals surface area contributed by atoms with Gasteiger partial charge in [-0.15, -0.1) is 0 Å². The number of hydrogen-bond acceptors (Lipinski definition) is 4. The van der Waals surface area contributed by atoms with E-state index in [1.165, 1.54) is 12.4 Å². The lowest BCUT2D eigenvalue weighted by Gasteiger charge is -2.04. The van der Waals surface area contributed by atoms with Gasteiger partial charge in [0.15, 0.2) is 5.69 Å². The van der Waals surface area contributed by atoms with Crippen molar-refractivity contribution < 1.29 is 9.59 Å². The Labute approximate surface area is 97.3 Å². The van der Waals surface area contributed by atoms with Gasteiger partial charge in [0.1, 0.15) is 12.0 Å². The van der Waals surface area contributed by atoms with Crippen LogP contribution in [-0.2, 0) is 0 Å². The number of carbonyl (C=O) groups excluding carboxylic acids is 2. The Hall–Kier alpha value is -2.56. The molecule has 2 N–H and O–H groups in total. The summed E-state index contributed by atoms with van der Waals surface area (Å²) >= 11 is 0. The van der Waals surface area contributed by atoms with Crippen molar-refractivity contribution in [3.05, 3.63) is 47.9 Å². The third-order valence-electron chi connectivity index (χ3n) is 2.25. The van der Waals surface area contributed by atoms with Crippen LogP contribution in [0.25, 0.3) is 11.3 Å². The second-order valence-corrected chi connectivity index (χ2v) is 3.36. The van der Waals surface area contributed by atoms with Crippen molar-refractivity contribution in [3.63, 3.8) is 0 Å². The largest absolute Gasteiger partial charge is 0.364 e. The molecule has 2 rings (SSSR count). The molecule has 0 saturated carbocycles. The summed E-state index contributed by atoms with van der Waals surface area (Å²) in [7, 11) is 0. The number of aldehydes is 1. The van der Waals surface area contributed by atoms with Gasteiger partial charge in [-0.3, -0.25) is 14.6 Å². The van der Waals surface area contributed by atoms with Crippen LogP contribution in [0.3, 0.4) is 0 Å². The molecule has 5 heteroatoms. The average Bonchev–Trinajstić information content (AvgIpc) is 2.39. The summed E-state index contributed by atoms with van der Waals surface area (Å²) in [5.74, 6) is -0.632. The lowest BCUT2D eigenvalue weighted by molar-refractivity contribution is 0.0995. The van der Waals surface area contributed by atoms with Crippen molar-refractivity contribution in [1.29, 1.82) is 0 Å². The summed E-state index contributed by atoms with van der Waals surface area (Å²) in [6.07, 6.45) is 3.63. The minimum absolute atomic E-state index is 0.117. The Balaban J connectivity index is 2.52. The van der Waals surface area contributed by atoms with E-state index < -0.39 is 5.91 Å². The molecule has 0 saturated heterocycles. The summed E-state index contributed by atoms with van der Waals surface area (Å²) in [5, 5.41) is 0. The molecule has 0 unspecified atom stereocenters. The van der Waals surface area contributed by atoms with E-state index in [-0.39, 0.29) is 5.69 Å². The molecule has 1 aromatic carbocycles. The SMILES string of the molecule is NC(=O)c1nccnc1-c1ccc(C=O)cc1. The molecule has 0 aliphatic rings. The Morgan fingerprint density at radius 3 is 2.35 bits per heavy atom. The second-order valence-electron chi connectivity index (χ2n) is 3.36. The predicted octanol–water partition coefficient (Wildman–Crippen LogP) is 1.05. The van der Waals surface area contributed by atoms with Gasteiger partial charge in [-0.2, -0.15) is 0 Å². The van der Waals surface area contributed by atoms with Gasteiger partial charge in [-0.25, -0.2) is 4.98 Å². The van der Waals surface area contributed by atoms with Crippen molar-refractivity contribution >= 4 is 12.2 Å². The number of nitrogens with two attached hydrogens (primary N) is 1. The fourth-order valence-electron chi connectivity index (χ4n) is 1.45. The van der Waals surface area contributed by atoms with Gasteiger partial charge >= 0.3 is 0 Å². The Morgan fingerprint density at radius 1 is 1.12 bits per heavy atom. The van der Waals surface area contributed by atoms with Crippen molar-refractivity contribution in [2.24, 2.45) is 5.73 Å². The van der Waals surface area contributed by atoms with Crippen LogP contribution in [0.2, 0.25) is 0 Å². The lowest BCUT2D eigenvalue weighted by Crippen LogP contribution is -2.15. The van der Waals surface area contributed by atoms with Gasteiger partial charge in [0.25, 0.3) is 5.91 Å². The highest BCUT2D eigenvalue weighted by Crippen LogP contribution is 2.19. The van der Waals surface area contributed by atoms with E-state index in [9.17, 15) is 9.59 Å². The molecule has 0 spiro atoms. The molecule has 0 bridgehead atoms. The molecule has 1 heterocycles. The molecule has 5 nitrogen and oxygen atoms in total. The van der Waals surface area contributed by atoms with Crippen molar-refractivity contribution in [3.8, 4) is 11.3 Å². The summed E-state index contributed by atoms with van der Waals surface area (Å²) < 4.78 is 0. The summed E-state index contributed by atoms with van der Waals surface area (Å²) in [5.41, 5.74) is 6.99. The van der Waals surface area contributed by atoms with Crippen molar-refractivity contribution in [2.45, 2.75) is 0 Å². The van der Waals surface area contributed by atoms with E-state index in [0.717, 1.165) is 6.29 Å². The van der Waals surface area contributed by atoms with Crippen LogP contribution in [0, 0.1) is 0 Å². The second kappa shape index (κ2) is 4.52. The number of nitrogens with zero attached hydrogens (tertiary/aromatic N) is 2. The van der Waals surface area contributed by atoms with Crippen LogP contribution < -0.4 is 5.73 Å². The first-order valence-electron chi connectivity index (χ1n) is 4.89. The molecule has 0 radical (unpaired) electrons. The number of carbonyl (C=O) groups is 2. The van der Waals surface area contributed by atoms with Gasteiger partial charge in [0, 0.05) is 23.5 Å². The van der Waals surface area contributed by atoms with Gasteiger partial charge in [-0.05, 0) is 0 Å². The minimum atomic E-state index is -0.632. The molecule has 0 atom stereocenters. The monoisotopic (exact) mass is 227 g/mol. The topological polar surface area (TPSA) is 85.9 Å². The maximum absolute atomic E-state index is 11.2. The van der Waals surface area contributed by atoms with Crippen LogP contribution in [0.5, 0.6) is 0 Å². The first kappa shape index (κ1) is 10.9. The third-order valence-corrected chi connectivity index (χ3v) is 2.25. The zero-order valence-corrected chi connectivity index (χ0v) is 8.83. The van der Waals surface area contributed by atoms with Gasteiger partial charge in [0.05, 0.1) is 0 Å². The number of hydrogen-bond donors (Lipinski definition) is 1. The average molecular weight is 227 g/mol. The zero-order valence-electron chi connectivity index (χ0n) is 8.83. The normalized spacial score (nSPS) is 9.88. The fraction of sp³-hybridized carbons (Fsp3) is 0. The number of aromatic nitrogens is 2. The van der Waals surface area contributed by atoms with E-state index in [4.69, 9.17) is 5.73 Å². The fourth-order valence-corrected chi connectivity index (χ4v) is 1.45. The van der Waals surface area contributed by atoms with Crippen LogP contribution in [-0.4, -0.2) is 22.2 Å². The number of rotatable bonds is 3. The summed E-state index contributed by atoms with van der Waals surface area (Å²) in [6.45, 7) is 0. The number of amides is 1. The Morgan fingerprint density at radius 2 is 1.76 bits per heavy atom. The summed E-state index contributed by atoms with van der Waals surface area (Å²) in [6, 6.07) is 6.67. The molecular weight excluding hydrogens is 218 g/mol. The molecule has 0 aliphatic heterocycles. The molecule has 1 amide bonds. The van der Waals surface area contributed by atoms with E-state index >= 15 is 0 Å². The molecule has 0 fully saturated rings. The third kappa shape index (κ3) is 2.17. The lowest BCUT2D eigenvalue weighted by atomic mass is 10.1. The first-order chi connectivity index (χ1) is 8.22. The highest BCUT2D eigenvalue weighted by molar-refractivity contribution is 5.96. The highest BCUT2D eigenvalue weighted by Gasteiger charge is 2.12. The maximum Gasteiger partial charge on any atom is 0.269 e. The highest BCUT2D eigenvalue weighted by atomic mass is 16.1. The predicted molar refractivity (Wildman–Crippen MR) is 61.4 cm³/mol. The van der Waals surface area contributed by atoms with Crippen molar-refractivity contribution in [2.75, 3.05) is 0 Å². The molecular formula is C12H9N3O2. The van der Waals surface area contributed by atoms with Crippen LogP contribution in [0.4, 0.5) is 0 Å². The number of primary amides is 1. The van der Waals surface area contributed by atoms with E-state index in [2.05, 4.69) is 9.97 Å². The van der Waals surface area contributed by atoms with Gasteiger partial charge < -0.3 is 5.73 Å². The summed E-state index contributed by atoms with van der Waals surface area (Å²) in [4.78, 5) is 29.7. The number of benzene rings is 1. The van der Waals surface area contributed by atoms with Gasteiger partial charge in [0.2, 0.25) is 0 Å². The Bertz CT molecular complexity index is 564. The maximum atomic E-state index is 11.2. The molecule has 2 aromatic rings. The van der Waals surface area contributed by atoms with Crippen LogP contribution in [0.1, 0.15) is 20.8 Å². The standard InChI is InChI=1S/C12H9N3O2/c13-12(17)11-10(14-5-6-15-11)9-3-1-8(7-16)2-4-9/h1-7H,(H2,13,17). The van der Waals surface area contributed by atoms with Crippen LogP contribution in [0.15, 0.2) is 36.7 Å². The van der Waals surface area contributed by atoms with E-state index in [1.807, 2.05) is 0 Å². The van der Waals surface area contributed by atoms with Crippen LogP contribution >= 0.6 is 0 Å². The molecule has 17 heavy (non-hydrogen) atoms. The Kier molecular flexibility index (Phi) is 2.91. The quantitative estimate of drug-likeness (QED) is 0.794. The minimum Gasteiger partial charge on any atom is -0.364 e. The smallest absolute Gasteiger partial charge is 0.269 e. The molecule has 1 aromatic heterocycles.